The van der Waals surface area contributed by atoms with Gasteiger partial charge in [0.1, 0.15) is 5.01 Å². The van der Waals surface area contributed by atoms with Gasteiger partial charge in [0.05, 0.1) is 31.6 Å². The number of thiazole rings is 1. The molecule has 0 amide bonds. The van der Waals surface area contributed by atoms with E-state index in [1.165, 1.54) is 0 Å². The molecule has 0 aliphatic carbocycles. The highest BCUT2D eigenvalue weighted by Gasteiger charge is 2.11. The van der Waals surface area contributed by atoms with E-state index in [1.807, 2.05) is 42.7 Å². The summed E-state index contributed by atoms with van der Waals surface area (Å²) in [6, 6.07) is 11.9. The van der Waals surface area contributed by atoms with Crippen molar-refractivity contribution < 1.29 is 9.47 Å². The quantitative estimate of drug-likeness (QED) is 0.449. The van der Waals surface area contributed by atoms with Gasteiger partial charge in [-0.05, 0) is 30.3 Å². The lowest BCUT2D eigenvalue weighted by molar-refractivity contribution is 0.355. The first-order valence-electron chi connectivity index (χ1n) is 8.00. The van der Waals surface area contributed by atoms with Gasteiger partial charge in [-0.3, -0.25) is 4.40 Å². The third-order valence-corrected chi connectivity index (χ3v) is 5.88. The molecule has 4 rings (SSSR count). The van der Waals surface area contributed by atoms with Gasteiger partial charge in [0.15, 0.2) is 16.7 Å². The molecule has 0 aliphatic heterocycles. The zero-order valence-electron chi connectivity index (χ0n) is 14.4. The third-order valence-electron chi connectivity index (χ3n) is 3.94. The van der Waals surface area contributed by atoms with Gasteiger partial charge in [-0.15, -0.1) is 11.3 Å². The molecule has 0 saturated carbocycles. The van der Waals surface area contributed by atoms with E-state index >= 15 is 0 Å². The lowest BCUT2D eigenvalue weighted by Crippen LogP contribution is -1.91. The van der Waals surface area contributed by atoms with Crippen LogP contribution in [-0.4, -0.2) is 28.6 Å². The van der Waals surface area contributed by atoms with E-state index in [9.17, 15) is 0 Å². The molecule has 5 nitrogen and oxygen atoms in total. The van der Waals surface area contributed by atoms with Crippen molar-refractivity contribution in [3.8, 4) is 22.1 Å². The summed E-state index contributed by atoms with van der Waals surface area (Å²) in [6.45, 7) is 0. The summed E-state index contributed by atoms with van der Waals surface area (Å²) >= 11 is 3.31. The predicted molar refractivity (Wildman–Crippen MR) is 105 cm³/mol. The Labute approximate surface area is 159 Å². The van der Waals surface area contributed by atoms with Gasteiger partial charge in [0.25, 0.3) is 0 Å². The van der Waals surface area contributed by atoms with Crippen molar-refractivity contribution in [3.05, 3.63) is 59.9 Å². The first-order valence-corrected chi connectivity index (χ1v) is 9.86. The molecule has 0 unspecified atom stereocenters. The largest absolute Gasteiger partial charge is 0.493 e. The number of methoxy groups -OCH3 is 2. The van der Waals surface area contributed by atoms with Crippen molar-refractivity contribution in [3.63, 3.8) is 0 Å². The number of fused-ring (bicyclic) bond motifs is 1. The molecule has 7 heteroatoms. The van der Waals surface area contributed by atoms with Gasteiger partial charge >= 0.3 is 0 Å². The number of imidazole rings is 1. The lowest BCUT2D eigenvalue weighted by atomic mass is 10.2. The Balaban J connectivity index is 1.51. The molecule has 0 spiro atoms. The number of benzene rings is 1. The highest BCUT2D eigenvalue weighted by molar-refractivity contribution is 7.98. The molecular weight excluding hydrogens is 366 g/mol. The van der Waals surface area contributed by atoms with Crippen LogP contribution in [0.3, 0.4) is 0 Å². The number of pyridine rings is 1. The second kappa shape index (κ2) is 7.39. The maximum absolute atomic E-state index is 5.38. The zero-order valence-corrected chi connectivity index (χ0v) is 16.0. The van der Waals surface area contributed by atoms with Crippen LogP contribution in [0.25, 0.3) is 16.1 Å². The molecule has 1 aromatic carbocycles. The van der Waals surface area contributed by atoms with Gasteiger partial charge in [0, 0.05) is 22.9 Å². The van der Waals surface area contributed by atoms with E-state index in [1.54, 1.807) is 37.3 Å². The number of rotatable bonds is 6. The molecule has 0 bridgehead atoms. The van der Waals surface area contributed by atoms with Crippen molar-refractivity contribution in [2.75, 3.05) is 14.2 Å². The summed E-state index contributed by atoms with van der Waals surface area (Å²) in [7, 11) is 3.27. The summed E-state index contributed by atoms with van der Waals surface area (Å²) in [5.41, 5.74) is 3.16. The maximum atomic E-state index is 5.38. The van der Waals surface area contributed by atoms with Gasteiger partial charge in [-0.1, -0.05) is 17.8 Å². The second-order valence-corrected chi connectivity index (χ2v) is 7.34. The summed E-state index contributed by atoms with van der Waals surface area (Å²) in [6.07, 6.45) is 3.92. The van der Waals surface area contributed by atoms with Crippen LogP contribution in [0.2, 0.25) is 0 Å². The Kier molecular flexibility index (Phi) is 4.81. The van der Waals surface area contributed by atoms with Crippen LogP contribution in [0.1, 0.15) is 5.69 Å². The first kappa shape index (κ1) is 16.9. The van der Waals surface area contributed by atoms with E-state index in [2.05, 4.69) is 20.8 Å². The number of hydrogen-bond donors (Lipinski definition) is 0. The monoisotopic (exact) mass is 383 g/mol. The summed E-state index contributed by atoms with van der Waals surface area (Å²) < 4.78 is 12.8. The van der Waals surface area contributed by atoms with E-state index in [0.717, 1.165) is 38.4 Å². The smallest absolute Gasteiger partial charge is 0.172 e. The minimum atomic E-state index is 0.708. The molecule has 0 aliphatic rings. The Hall–Kier alpha value is -2.51. The van der Waals surface area contributed by atoms with Crippen LogP contribution in [0, 0.1) is 0 Å². The minimum absolute atomic E-state index is 0.708. The molecule has 0 N–H and O–H groups in total. The molecule has 3 aromatic heterocycles. The standard InChI is InChI=1S/C19H17N3O2S2/c1-23-16-7-6-13(9-17(16)24-2)18-21-14(11-25-18)12-26-19-20-10-15-5-3-4-8-22(15)19/h3-11H,12H2,1-2H3. The summed E-state index contributed by atoms with van der Waals surface area (Å²) in [5, 5.41) is 4.03. The molecule has 0 fully saturated rings. The molecule has 26 heavy (non-hydrogen) atoms. The average Bonchev–Trinajstić information content (AvgIpc) is 3.33. The highest BCUT2D eigenvalue weighted by Crippen LogP contribution is 2.34. The first-order chi connectivity index (χ1) is 12.8. The average molecular weight is 383 g/mol. The molecule has 4 aromatic rings. The van der Waals surface area contributed by atoms with Gasteiger partial charge < -0.3 is 9.47 Å². The van der Waals surface area contributed by atoms with Crippen molar-refractivity contribution >= 4 is 28.6 Å². The van der Waals surface area contributed by atoms with Crippen LogP contribution in [0.4, 0.5) is 0 Å². The number of aromatic nitrogens is 3. The number of nitrogens with zero attached hydrogens (tertiary/aromatic N) is 3. The van der Waals surface area contributed by atoms with Crippen LogP contribution in [0.15, 0.2) is 59.3 Å². The normalized spacial score (nSPS) is 11.0. The number of ether oxygens (including phenoxy) is 2. The number of thioether (sulfide) groups is 1. The van der Waals surface area contributed by atoms with Crippen LogP contribution >= 0.6 is 23.1 Å². The van der Waals surface area contributed by atoms with Crippen molar-refractivity contribution in [2.24, 2.45) is 0 Å². The van der Waals surface area contributed by atoms with Crippen molar-refractivity contribution in [1.29, 1.82) is 0 Å². The van der Waals surface area contributed by atoms with E-state index in [0.29, 0.717) is 5.75 Å². The number of hydrogen-bond acceptors (Lipinski definition) is 6. The van der Waals surface area contributed by atoms with Gasteiger partial charge in [0.2, 0.25) is 0 Å². The van der Waals surface area contributed by atoms with Crippen LogP contribution < -0.4 is 9.47 Å². The second-order valence-electron chi connectivity index (χ2n) is 5.54. The van der Waals surface area contributed by atoms with Crippen LogP contribution in [-0.2, 0) is 5.75 Å². The molecule has 3 heterocycles. The fraction of sp³-hybridized carbons (Fsp3) is 0.158. The zero-order chi connectivity index (χ0) is 17.9. The van der Waals surface area contributed by atoms with Crippen molar-refractivity contribution in [2.45, 2.75) is 10.9 Å². The molecule has 132 valence electrons. The van der Waals surface area contributed by atoms with Crippen LogP contribution in [0.5, 0.6) is 11.5 Å². The van der Waals surface area contributed by atoms with Gasteiger partial charge in [-0.25, -0.2) is 9.97 Å². The fourth-order valence-corrected chi connectivity index (χ4v) is 4.42. The molecule has 0 radical (unpaired) electrons. The fourth-order valence-electron chi connectivity index (χ4n) is 2.64. The third kappa shape index (κ3) is 3.27. The Morgan fingerprint density at radius 1 is 1.12 bits per heavy atom. The van der Waals surface area contributed by atoms with E-state index in [-0.39, 0.29) is 0 Å². The molecular formula is C19H17N3O2S2. The Morgan fingerprint density at radius 2 is 2.00 bits per heavy atom. The minimum Gasteiger partial charge on any atom is -0.493 e. The Morgan fingerprint density at radius 3 is 2.85 bits per heavy atom. The Bertz CT molecular complexity index is 1040. The van der Waals surface area contributed by atoms with E-state index < -0.39 is 0 Å². The predicted octanol–water partition coefficient (Wildman–Crippen LogP) is 4.77. The van der Waals surface area contributed by atoms with Gasteiger partial charge in [-0.2, -0.15) is 0 Å². The van der Waals surface area contributed by atoms with Crippen molar-refractivity contribution in [1.82, 2.24) is 14.4 Å². The summed E-state index contributed by atoms with van der Waals surface area (Å²) in [4.78, 5) is 9.24. The maximum Gasteiger partial charge on any atom is 0.172 e. The SMILES string of the molecule is COc1ccc(-c2nc(CSc3ncc4ccccn34)cs2)cc1OC. The van der Waals surface area contributed by atoms with E-state index in [4.69, 9.17) is 14.5 Å². The molecule has 0 atom stereocenters. The topological polar surface area (TPSA) is 48.7 Å². The lowest BCUT2D eigenvalue weighted by Gasteiger charge is -2.08. The highest BCUT2D eigenvalue weighted by atomic mass is 32.2. The summed E-state index contributed by atoms with van der Waals surface area (Å²) in [5.74, 6) is 2.20. The molecule has 0 saturated heterocycles.